The van der Waals surface area contributed by atoms with Crippen LogP contribution >= 0.6 is 22.6 Å². The molecule has 30 heavy (non-hydrogen) atoms. The van der Waals surface area contributed by atoms with Gasteiger partial charge in [0.25, 0.3) is 0 Å². The third kappa shape index (κ3) is 4.33. The van der Waals surface area contributed by atoms with E-state index in [1.165, 1.54) is 5.56 Å². The van der Waals surface area contributed by atoms with Gasteiger partial charge in [-0.2, -0.15) is 5.10 Å². The number of nitrogens with zero attached hydrogens (tertiary/aromatic N) is 4. The summed E-state index contributed by atoms with van der Waals surface area (Å²) in [4.78, 5) is 27.9. The van der Waals surface area contributed by atoms with E-state index in [1.54, 1.807) is 25.7 Å². The summed E-state index contributed by atoms with van der Waals surface area (Å²) in [6, 6.07) is 5.49. The van der Waals surface area contributed by atoms with Crippen LogP contribution in [0.5, 0.6) is 0 Å². The van der Waals surface area contributed by atoms with Crippen molar-refractivity contribution < 1.29 is 14.3 Å². The summed E-state index contributed by atoms with van der Waals surface area (Å²) in [6.07, 6.45) is -0.605. The van der Waals surface area contributed by atoms with E-state index in [2.05, 4.69) is 43.4 Å². The van der Waals surface area contributed by atoms with Crippen molar-refractivity contribution in [2.24, 2.45) is 0 Å². The number of imide groups is 1. The Morgan fingerprint density at radius 2 is 1.87 bits per heavy atom. The smallest absolute Gasteiger partial charge is 0.418 e. The number of hydrogen-bond acceptors (Lipinski definition) is 4. The Morgan fingerprint density at radius 3 is 2.40 bits per heavy atom. The number of benzene rings is 1. The maximum atomic E-state index is 12.8. The predicted octanol–water partition coefficient (Wildman–Crippen LogP) is 5.39. The van der Waals surface area contributed by atoms with E-state index in [0.717, 1.165) is 31.2 Å². The summed E-state index contributed by atoms with van der Waals surface area (Å²) in [6.45, 7) is 14.5. The molecule has 1 fully saturated rings. The van der Waals surface area contributed by atoms with Gasteiger partial charge in [-0.1, -0.05) is 13.8 Å². The van der Waals surface area contributed by atoms with Gasteiger partial charge in [0.1, 0.15) is 9.30 Å². The van der Waals surface area contributed by atoms with E-state index in [4.69, 9.17) is 9.84 Å². The van der Waals surface area contributed by atoms with Gasteiger partial charge in [-0.05, 0) is 86.9 Å². The molecule has 162 valence electrons. The molecule has 0 bridgehead atoms. The second-order valence-corrected chi connectivity index (χ2v) is 9.92. The van der Waals surface area contributed by atoms with Gasteiger partial charge in [0, 0.05) is 23.5 Å². The first-order chi connectivity index (χ1) is 13.9. The minimum absolute atomic E-state index is 0.308. The third-order valence-electron chi connectivity index (χ3n) is 5.04. The minimum Gasteiger partial charge on any atom is -0.443 e. The summed E-state index contributed by atoms with van der Waals surface area (Å²) < 4.78 is 8.32. The van der Waals surface area contributed by atoms with Crippen LogP contribution in [0.15, 0.2) is 18.2 Å². The fourth-order valence-corrected chi connectivity index (χ4v) is 4.91. The summed E-state index contributed by atoms with van der Waals surface area (Å²) in [7, 11) is 0. The maximum Gasteiger partial charge on any atom is 0.418 e. The molecule has 0 radical (unpaired) electrons. The number of aromatic nitrogens is 2. The van der Waals surface area contributed by atoms with E-state index in [9.17, 15) is 9.59 Å². The van der Waals surface area contributed by atoms with Gasteiger partial charge in [-0.15, -0.1) is 0 Å². The van der Waals surface area contributed by atoms with Crippen molar-refractivity contribution in [2.75, 3.05) is 18.0 Å². The van der Waals surface area contributed by atoms with Crippen molar-refractivity contribution in [1.82, 2.24) is 14.7 Å². The van der Waals surface area contributed by atoms with Crippen LogP contribution in [0, 0.1) is 17.5 Å². The molecule has 0 aliphatic carbocycles. The lowest BCUT2D eigenvalue weighted by atomic mass is 10.0. The second-order valence-electron chi connectivity index (χ2n) is 8.89. The number of carbonyl (C=O) groups is 2. The number of amides is 3. The molecule has 8 heteroatoms. The number of aryl methyl sites for hydroxylation is 1. The van der Waals surface area contributed by atoms with Gasteiger partial charge in [0.15, 0.2) is 0 Å². The molecular weight excluding hydrogens is 495 g/mol. The number of hydrogen-bond donors (Lipinski definition) is 0. The van der Waals surface area contributed by atoms with Gasteiger partial charge in [0.05, 0.1) is 12.2 Å². The van der Waals surface area contributed by atoms with Crippen molar-refractivity contribution in [1.29, 1.82) is 0 Å². The lowest BCUT2D eigenvalue weighted by molar-refractivity contribution is 0.0354. The third-order valence-corrected chi connectivity index (χ3v) is 5.83. The molecule has 7 nitrogen and oxygen atoms in total. The number of carbonyl (C=O) groups excluding carboxylic acids is 2. The van der Waals surface area contributed by atoms with Crippen molar-refractivity contribution in [2.45, 2.75) is 60.0 Å². The molecule has 3 rings (SSSR count). The van der Waals surface area contributed by atoms with Crippen LogP contribution in [0.3, 0.4) is 0 Å². The molecule has 2 aromatic rings. The number of halogens is 1. The zero-order valence-corrected chi connectivity index (χ0v) is 20.8. The SMILES string of the molecule is Cc1cc(N2CCN(C(=O)OC(C)(C)C)C2=O)ccc1-n1nc(I)c(C(C)C)c1C. The molecule has 1 aromatic carbocycles. The van der Waals surface area contributed by atoms with Crippen LogP contribution in [-0.4, -0.2) is 45.5 Å². The lowest BCUT2D eigenvalue weighted by Gasteiger charge is -2.23. The van der Waals surface area contributed by atoms with Crippen LogP contribution in [0.2, 0.25) is 0 Å². The molecular formula is C22H29IN4O3. The summed E-state index contributed by atoms with van der Waals surface area (Å²) >= 11 is 2.28. The first kappa shape index (κ1) is 22.6. The van der Waals surface area contributed by atoms with Gasteiger partial charge in [-0.3, -0.25) is 4.90 Å². The number of ether oxygens (including phenoxy) is 1. The van der Waals surface area contributed by atoms with E-state index < -0.39 is 11.7 Å². The van der Waals surface area contributed by atoms with Gasteiger partial charge in [-0.25, -0.2) is 19.2 Å². The number of anilines is 1. The highest BCUT2D eigenvalue weighted by atomic mass is 127. The van der Waals surface area contributed by atoms with Gasteiger partial charge >= 0.3 is 12.1 Å². The van der Waals surface area contributed by atoms with Crippen molar-refractivity contribution in [3.8, 4) is 5.69 Å². The highest BCUT2D eigenvalue weighted by Gasteiger charge is 2.36. The Kier molecular flexibility index (Phi) is 6.18. The number of urea groups is 1. The lowest BCUT2D eigenvalue weighted by Crippen LogP contribution is -2.40. The van der Waals surface area contributed by atoms with E-state index in [0.29, 0.717) is 19.0 Å². The molecule has 1 saturated heterocycles. The standard InChI is InChI=1S/C22H29IN4O3/c1-13(2)18-15(4)27(24-19(18)23)17-9-8-16(12-14(17)3)25-10-11-26(20(25)28)21(29)30-22(5,6)7/h8-9,12-13H,10-11H2,1-7H3. The molecule has 1 aliphatic rings. The highest BCUT2D eigenvalue weighted by Crippen LogP contribution is 2.30. The molecule has 0 unspecified atom stereocenters. The quantitative estimate of drug-likeness (QED) is 0.505. The highest BCUT2D eigenvalue weighted by molar-refractivity contribution is 14.1. The fraction of sp³-hybridized carbons (Fsp3) is 0.500. The first-order valence-corrected chi connectivity index (χ1v) is 11.2. The molecule has 3 amide bonds. The Hall–Kier alpha value is -2.10. The Morgan fingerprint density at radius 1 is 1.20 bits per heavy atom. The van der Waals surface area contributed by atoms with Crippen LogP contribution < -0.4 is 4.90 Å². The molecule has 0 saturated carbocycles. The maximum absolute atomic E-state index is 12.8. The summed E-state index contributed by atoms with van der Waals surface area (Å²) in [5, 5.41) is 4.73. The summed E-state index contributed by atoms with van der Waals surface area (Å²) in [5.74, 6) is 0.395. The zero-order valence-electron chi connectivity index (χ0n) is 18.6. The van der Waals surface area contributed by atoms with Crippen LogP contribution in [0.25, 0.3) is 5.69 Å². The van der Waals surface area contributed by atoms with Crippen molar-refractivity contribution in [3.63, 3.8) is 0 Å². The molecule has 1 aliphatic heterocycles. The largest absolute Gasteiger partial charge is 0.443 e. The predicted molar refractivity (Wildman–Crippen MR) is 126 cm³/mol. The molecule has 0 N–H and O–H groups in total. The molecule has 1 aromatic heterocycles. The van der Waals surface area contributed by atoms with E-state index in [-0.39, 0.29) is 6.03 Å². The van der Waals surface area contributed by atoms with Gasteiger partial charge < -0.3 is 4.74 Å². The molecule has 0 spiro atoms. The normalized spacial score (nSPS) is 14.8. The van der Waals surface area contributed by atoms with Gasteiger partial charge in [0.2, 0.25) is 0 Å². The molecule has 0 atom stereocenters. The average Bonchev–Trinajstić information content (AvgIpc) is 3.13. The fourth-order valence-electron chi connectivity index (χ4n) is 3.68. The topological polar surface area (TPSA) is 67.7 Å². The van der Waals surface area contributed by atoms with E-state index in [1.807, 2.05) is 29.8 Å². The van der Waals surface area contributed by atoms with Crippen LogP contribution in [0.4, 0.5) is 15.3 Å². The molecule has 2 heterocycles. The average molecular weight is 524 g/mol. The Bertz CT molecular complexity index is 991. The van der Waals surface area contributed by atoms with Crippen molar-refractivity contribution in [3.05, 3.63) is 38.7 Å². The first-order valence-electron chi connectivity index (χ1n) is 10.1. The van der Waals surface area contributed by atoms with E-state index >= 15 is 0 Å². The zero-order chi connectivity index (χ0) is 22.4. The van der Waals surface area contributed by atoms with Crippen LogP contribution in [-0.2, 0) is 4.74 Å². The second kappa shape index (κ2) is 8.20. The minimum atomic E-state index is -0.642. The Labute approximate surface area is 191 Å². The number of rotatable bonds is 3. The summed E-state index contributed by atoms with van der Waals surface area (Å²) in [5.41, 5.74) is 4.48. The van der Waals surface area contributed by atoms with Crippen LogP contribution in [0.1, 0.15) is 57.4 Å². The van der Waals surface area contributed by atoms with Crippen molar-refractivity contribution >= 4 is 40.4 Å². The Balaban J connectivity index is 1.86. The monoisotopic (exact) mass is 524 g/mol.